The van der Waals surface area contributed by atoms with Crippen LogP contribution in [0.2, 0.25) is 5.02 Å². The van der Waals surface area contributed by atoms with Crippen molar-refractivity contribution in [1.29, 1.82) is 0 Å². The number of benzene rings is 1. The number of hydrogen-bond donors (Lipinski definition) is 1. The van der Waals surface area contributed by atoms with E-state index in [1.807, 2.05) is 12.1 Å². The van der Waals surface area contributed by atoms with Gasteiger partial charge in [-0.15, -0.1) is 0 Å². The van der Waals surface area contributed by atoms with Gasteiger partial charge in [-0.25, -0.2) is 0 Å². The van der Waals surface area contributed by atoms with E-state index in [9.17, 15) is 0 Å². The van der Waals surface area contributed by atoms with Gasteiger partial charge in [-0.1, -0.05) is 23.7 Å². The van der Waals surface area contributed by atoms with Crippen LogP contribution in [-0.2, 0) is 6.42 Å². The summed E-state index contributed by atoms with van der Waals surface area (Å²) in [6.45, 7) is 4.15. The van der Waals surface area contributed by atoms with Crippen LogP contribution in [0.15, 0.2) is 18.2 Å². The van der Waals surface area contributed by atoms with Crippen molar-refractivity contribution in [3.63, 3.8) is 0 Å². The molecule has 2 rings (SSSR count). The van der Waals surface area contributed by atoms with Crippen LogP contribution in [0, 0.1) is 5.92 Å². The molecule has 2 N–H and O–H groups in total. The Labute approximate surface area is 127 Å². The van der Waals surface area contributed by atoms with Gasteiger partial charge in [-0.2, -0.15) is 0 Å². The standard InChI is InChI=1S/C16H26ClN3/c1-19-10-7-13(8-11-19)12-20(2)16-14(6-9-18)4-3-5-15(16)17/h3-5,13H,6-12,18H2,1-2H3. The van der Waals surface area contributed by atoms with Crippen molar-refractivity contribution in [2.75, 3.05) is 45.2 Å². The SMILES string of the molecule is CN1CCC(CN(C)c2c(Cl)cccc2CCN)CC1. The molecule has 1 aromatic rings. The van der Waals surface area contributed by atoms with Crippen molar-refractivity contribution in [1.82, 2.24) is 4.90 Å². The summed E-state index contributed by atoms with van der Waals surface area (Å²) in [5.41, 5.74) is 8.14. The summed E-state index contributed by atoms with van der Waals surface area (Å²) >= 11 is 6.41. The average molecular weight is 296 g/mol. The van der Waals surface area contributed by atoms with Gasteiger partial charge in [0.15, 0.2) is 0 Å². The van der Waals surface area contributed by atoms with Crippen molar-refractivity contribution >= 4 is 17.3 Å². The van der Waals surface area contributed by atoms with Gasteiger partial charge in [0.25, 0.3) is 0 Å². The summed E-state index contributed by atoms with van der Waals surface area (Å²) in [6, 6.07) is 6.13. The number of nitrogens with two attached hydrogens (primary N) is 1. The molecule has 112 valence electrons. The normalized spacial score (nSPS) is 17.4. The Bertz CT molecular complexity index is 428. The van der Waals surface area contributed by atoms with Crippen LogP contribution in [0.4, 0.5) is 5.69 Å². The van der Waals surface area contributed by atoms with Crippen LogP contribution in [0.3, 0.4) is 0 Å². The zero-order chi connectivity index (χ0) is 14.5. The number of nitrogens with zero attached hydrogens (tertiary/aromatic N) is 2. The third-order valence-corrected chi connectivity index (χ3v) is 4.54. The van der Waals surface area contributed by atoms with Crippen molar-refractivity contribution in [2.24, 2.45) is 11.7 Å². The van der Waals surface area contributed by atoms with Crippen LogP contribution in [-0.4, -0.2) is 45.2 Å². The molecule has 0 spiro atoms. The molecule has 0 saturated carbocycles. The molecule has 0 amide bonds. The summed E-state index contributed by atoms with van der Waals surface area (Å²) < 4.78 is 0. The molecule has 0 aliphatic carbocycles. The fourth-order valence-corrected chi connectivity index (χ4v) is 3.41. The molecule has 4 heteroatoms. The zero-order valence-corrected chi connectivity index (χ0v) is 13.4. The second-order valence-corrected chi connectivity index (χ2v) is 6.32. The summed E-state index contributed by atoms with van der Waals surface area (Å²) in [4.78, 5) is 4.73. The molecule has 1 aromatic carbocycles. The van der Waals surface area contributed by atoms with Gasteiger partial charge in [-0.3, -0.25) is 0 Å². The smallest absolute Gasteiger partial charge is 0.0642 e. The lowest BCUT2D eigenvalue weighted by atomic mass is 9.96. The number of anilines is 1. The van der Waals surface area contributed by atoms with Gasteiger partial charge < -0.3 is 15.5 Å². The Kier molecular flexibility index (Phi) is 5.70. The minimum absolute atomic E-state index is 0.662. The summed E-state index contributed by atoms with van der Waals surface area (Å²) in [7, 11) is 4.35. The molecule has 1 heterocycles. The maximum atomic E-state index is 6.41. The molecule has 0 atom stereocenters. The van der Waals surface area contributed by atoms with E-state index < -0.39 is 0 Å². The lowest BCUT2D eigenvalue weighted by Crippen LogP contribution is -2.36. The molecule has 1 saturated heterocycles. The first-order chi connectivity index (χ1) is 9.61. The second-order valence-electron chi connectivity index (χ2n) is 5.91. The summed E-state index contributed by atoms with van der Waals surface area (Å²) in [5.74, 6) is 0.762. The highest BCUT2D eigenvalue weighted by Gasteiger charge is 2.20. The third kappa shape index (κ3) is 3.87. The van der Waals surface area contributed by atoms with E-state index in [0.29, 0.717) is 6.54 Å². The third-order valence-electron chi connectivity index (χ3n) is 4.24. The number of rotatable bonds is 5. The summed E-state index contributed by atoms with van der Waals surface area (Å²) in [6.07, 6.45) is 3.43. The van der Waals surface area contributed by atoms with Crippen molar-refractivity contribution in [3.05, 3.63) is 28.8 Å². The van der Waals surface area contributed by atoms with Gasteiger partial charge in [0.2, 0.25) is 0 Å². The van der Waals surface area contributed by atoms with Gasteiger partial charge in [0.05, 0.1) is 10.7 Å². The largest absolute Gasteiger partial charge is 0.373 e. The Morgan fingerprint density at radius 3 is 2.70 bits per heavy atom. The number of para-hydroxylation sites is 1. The maximum absolute atomic E-state index is 6.41. The zero-order valence-electron chi connectivity index (χ0n) is 12.6. The average Bonchev–Trinajstić information content (AvgIpc) is 2.42. The number of hydrogen-bond acceptors (Lipinski definition) is 3. The first-order valence-electron chi connectivity index (χ1n) is 7.49. The Hall–Kier alpha value is -0.770. The molecule has 3 nitrogen and oxygen atoms in total. The van der Waals surface area contributed by atoms with Gasteiger partial charge in [0.1, 0.15) is 0 Å². The minimum atomic E-state index is 0.662. The minimum Gasteiger partial charge on any atom is -0.373 e. The monoisotopic (exact) mass is 295 g/mol. The van der Waals surface area contributed by atoms with Gasteiger partial charge in [-0.05, 0) is 63.5 Å². The molecule has 0 aromatic heterocycles. The fraction of sp³-hybridized carbons (Fsp3) is 0.625. The second kappa shape index (κ2) is 7.30. The van der Waals surface area contributed by atoms with E-state index in [1.54, 1.807) is 0 Å². The molecule has 0 bridgehead atoms. The van der Waals surface area contributed by atoms with Crippen molar-refractivity contribution in [3.8, 4) is 0 Å². The highest BCUT2D eigenvalue weighted by atomic mass is 35.5. The highest BCUT2D eigenvalue weighted by Crippen LogP contribution is 2.31. The summed E-state index contributed by atoms with van der Waals surface area (Å²) in [5, 5.41) is 0.839. The quantitative estimate of drug-likeness (QED) is 0.906. The maximum Gasteiger partial charge on any atom is 0.0642 e. The lowest BCUT2D eigenvalue weighted by molar-refractivity contribution is 0.222. The van der Waals surface area contributed by atoms with Crippen LogP contribution >= 0.6 is 11.6 Å². The molecular weight excluding hydrogens is 270 g/mol. The van der Waals surface area contributed by atoms with E-state index in [2.05, 4.69) is 30.0 Å². The lowest BCUT2D eigenvalue weighted by Gasteiger charge is -2.33. The predicted molar refractivity (Wildman–Crippen MR) is 87.7 cm³/mol. The van der Waals surface area contributed by atoms with E-state index in [4.69, 9.17) is 17.3 Å². The molecule has 0 unspecified atom stereocenters. The number of halogens is 1. The number of likely N-dealkylation sites (tertiary alicyclic amines) is 1. The molecule has 0 radical (unpaired) electrons. The van der Waals surface area contributed by atoms with Crippen LogP contribution in [0.5, 0.6) is 0 Å². The highest BCUT2D eigenvalue weighted by molar-refractivity contribution is 6.33. The first kappa shape index (κ1) is 15.6. The van der Waals surface area contributed by atoms with Gasteiger partial charge in [0, 0.05) is 13.6 Å². The van der Waals surface area contributed by atoms with Gasteiger partial charge >= 0.3 is 0 Å². The van der Waals surface area contributed by atoms with E-state index in [-0.39, 0.29) is 0 Å². The Balaban J connectivity index is 2.06. The molecule has 1 fully saturated rings. The topological polar surface area (TPSA) is 32.5 Å². The van der Waals surface area contributed by atoms with Crippen LogP contribution in [0.25, 0.3) is 0 Å². The molecule has 20 heavy (non-hydrogen) atoms. The van der Waals surface area contributed by atoms with Crippen LogP contribution < -0.4 is 10.6 Å². The fourth-order valence-electron chi connectivity index (χ4n) is 3.07. The van der Waals surface area contributed by atoms with E-state index in [0.717, 1.165) is 23.9 Å². The van der Waals surface area contributed by atoms with Crippen LogP contribution in [0.1, 0.15) is 18.4 Å². The van der Waals surface area contributed by atoms with E-state index in [1.165, 1.54) is 37.2 Å². The predicted octanol–water partition coefficient (Wildman–Crippen LogP) is 2.62. The number of piperidine rings is 1. The molecule has 1 aliphatic rings. The van der Waals surface area contributed by atoms with Crippen molar-refractivity contribution < 1.29 is 0 Å². The van der Waals surface area contributed by atoms with E-state index >= 15 is 0 Å². The molecular formula is C16H26ClN3. The van der Waals surface area contributed by atoms with Crippen molar-refractivity contribution in [2.45, 2.75) is 19.3 Å². The Morgan fingerprint density at radius 2 is 2.05 bits per heavy atom. The first-order valence-corrected chi connectivity index (χ1v) is 7.86. The molecule has 1 aliphatic heterocycles. The Morgan fingerprint density at radius 1 is 1.35 bits per heavy atom.